The van der Waals surface area contributed by atoms with E-state index in [2.05, 4.69) is 22.1 Å². The Hall–Kier alpha value is -0.650. The van der Waals surface area contributed by atoms with E-state index in [9.17, 15) is 0 Å². The second kappa shape index (κ2) is 7.75. The SMILES string of the molecule is CCCN(CCC1CCNCC1)C1CCc2nc(N)sc2C1. The molecule has 1 unspecified atom stereocenters. The van der Waals surface area contributed by atoms with Crippen molar-refractivity contribution in [2.24, 2.45) is 5.92 Å². The predicted octanol–water partition coefficient (Wildman–Crippen LogP) is 2.68. The van der Waals surface area contributed by atoms with Crippen LogP contribution in [-0.2, 0) is 12.8 Å². The van der Waals surface area contributed by atoms with E-state index >= 15 is 0 Å². The summed E-state index contributed by atoms with van der Waals surface area (Å²) in [5, 5.41) is 4.23. The van der Waals surface area contributed by atoms with Gasteiger partial charge in [0.2, 0.25) is 0 Å². The average molecular weight is 323 g/mol. The van der Waals surface area contributed by atoms with Crippen molar-refractivity contribution in [1.82, 2.24) is 15.2 Å². The summed E-state index contributed by atoms with van der Waals surface area (Å²) in [6.45, 7) is 7.24. The Bertz CT molecular complexity index is 467. The van der Waals surface area contributed by atoms with E-state index in [0.717, 1.165) is 23.9 Å². The molecule has 4 nitrogen and oxygen atoms in total. The molecule has 1 aliphatic carbocycles. The number of nitrogen functional groups attached to an aromatic ring is 1. The number of thiazole rings is 1. The fraction of sp³-hybridized carbons (Fsp3) is 0.824. The molecule has 0 aromatic carbocycles. The number of rotatable bonds is 6. The van der Waals surface area contributed by atoms with Gasteiger partial charge in [-0.25, -0.2) is 4.98 Å². The second-order valence-corrected chi connectivity index (χ2v) is 7.95. The van der Waals surface area contributed by atoms with Crippen LogP contribution in [0.3, 0.4) is 0 Å². The van der Waals surface area contributed by atoms with Crippen molar-refractivity contribution in [2.75, 3.05) is 31.9 Å². The molecule has 22 heavy (non-hydrogen) atoms. The van der Waals surface area contributed by atoms with Crippen LogP contribution in [0.15, 0.2) is 0 Å². The largest absolute Gasteiger partial charge is 0.375 e. The second-order valence-electron chi connectivity index (χ2n) is 6.84. The molecule has 0 saturated carbocycles. The Labute approximate surface area is 138 Å². The summed E-state index contributed by atoms with van der Waals surface area (Å²) in [6, 6.07) is 0.703. The molecule has 1 fully saturated rings. The first-order valence-corrected chi connectivity index (χ1v) is 9.76. The van der Waals surface area contributed by atoms with Gasteiger partial charge in [-0.1, -0.05) is 6.92 Å². The minimum absolute atomic E-state index is 0.703. The van der Waals surface area contributed by atoms with Crippen LogP contribution in [0.1, 0.15) is 49.6 Å². The summed E-state index contributed by atoms with van der Waals surface area (Å²) in [4.78, 5) is 8.67. The van der Waals surface area contributed by atoms with Gasteiger partial charge < -0.3 is 16.0 Å². The number of anilines is 1. The third kappa shape index (κ3) is 4.00. The van der Waals surface area contributed by atoms with Gasteiger partial charge in [0.25, 0.3) is 0 Å². The molecule has 3 N–H and O–H groups in total. The molecule has 0 bridgehead atoms. The summed E-state index contributed by atoms with van der Waals surface area (Å²) in [5.41, 5.74) is 7.15. The van der Waals surface area contributed by atoms with Gasteiger partial charge in [0.05, 0.1) is 5.69 Å². The highest BCUT2D eigenvalue weighted by Crippen LogP contribution is 2.30. The third-order valence-corrected chi connectivity index (χ3v) is 6.19. The Morgan fingerprint density at radius 1 is 1.27 bits per heavy atom. The third-order valence-electron chi connectivity index (χ3n) is 5.24. The maximum atomic E-state index is 5.88. The van der Waals surface area contributed by atoms with Crippen molar-refractivity contribution in [3.05, 3.63) is 10.6 Å². The molecule has 0 amide bonds. The first-order valence-electron chi connectivity index (χ1n) is 8.95. The topological polar surface area (TPSA) is 54.2 Å². The lowest BCUT2D eigenvalue weighted by Crippen LogP contribution is -2.41. The number of piperidine rings is 1. The molecule has 1 atom stereocenters. The molecule has 2 aliphatic rings. The van der Waals surface area contributed by atoms with Crippen LogP contribution in [0.2, 0.25) is 0 Å². The van der Waals surface area contributed by atoms with Crippen LogP contribution in [0.5, 0.6) is 0 Å². The van der Waals surface area contributed by atoms with E-state index in [1.807, 2.05) is 0 Å². The van der Waals surface area contributed by atoms with E-state index in [0.29, 0.717) is 6.04 Å². The van der Waals surface area contributed by atoms with Crippen LogP contribution in [-0.4, -0.2) is 42.1 Å². The van der Waals surface area contributed by atoms with Gasteiger partial charge >= 0.3 is 0 Å². The lowest BCUT2D eigenvalue weighted by atomic mass is 9.92. The maximum Gasteiger partial charge on any atom is 0.180 e. The van der Waals surface area contributed by atoms with Crippen molar-refractivity contribution in [2.45, 2.75) is 57.9 Å². The van der Waals surface area contributed by atoms with Crippen LogP contribution in [0.25, 0.3) is 0 Å². The zero-order valence-electron chi connectivity index (χ0n) is 13.8. The first kappa shape index (κ1) is 16.2. The molecular weight excluding hydrogens is 292 g/mol. The summed E-state index contributed by atoms with van der Waals surface area (Å²) in [7, 11) is 0. The predicted molar refractivity (Wildman–Crippen MR) is 94.4 cm³/mol. The Morgan fingerprint density at radius 2 is 2.09 bits per heavy atom. The Kier molecular flexibility index (Phi) is 5.71. The minimum atomic E-state index is 0.703. The van der Waals surface area contributed by atoms with Crippen molar-refractivity contribution >= 4 is 16.5 Å². The van der Waals surface area contributed by atoms with Gasteiger partial charge in [-0.15, -0.1) is 11.3 Å². The molecule has 1 aromatic heterocycles. The van der Waals surface area contributed by atoms with Gasteiger partial charge in [-0.3, -0.25) is 0 Å². The smallest absolute Gasteiger partial charge is 0.180 e. The highest BCUT2D eigenvalue weighted by molar-refractivity contribution is 7.15. The van der Waals surface area contributed by atoms with Crippen LogP contribution < -0.4 is 11.1 Å². The molecule has 2 heterocycles. The number of hydrogen-bond donors (Lipinski definition) is 2. The van der Waals surface area contributed by atoms with Crippen molar-refractivity contribution in [1.29, 1.82) is 0 Å². The summed E-state index contributed by atoms with van der Waals surface area (Å²) in [5.74, 6) is 0.929. The van der Waals surface area contributed by atoms with Crippen molar-refractivity contribution in [3.63, 3.8) is 0 Å². The van der Waals surface area contributed by atoms with Crippen molar-refractivity contribution in [3.8, 4) is 0 Å². The quantitative estimate of drug-likeness (QED) is 0.845. The monoisotopic (exact) mass is 322 g/mol. The highest BCUT2D eigenvalue weighted by Gasteiger charge is 2.27. The number of fused-ring (bicyclic) bond motifs is 1. The van der Waals surface area contributed by atoms with Gasteiger partial charge in [-0.05, 0) is 77.0 Å². The van der Waals surface area contributed by atoms with Gasteiger partial charge in [0.15, 0.2) is 5.13 Å². The van der Waals surface area contributed by atoms with Gasteiger partial charge in [0, 0.05) is 10.9 Å². The van der Waals surface area contributed by atoms with Gasteiger partial charge in [-0.2, -0.15) is 0 Å². The number of nitrogens with zero attached hydrogens (tertiary/aromatic N) is 2. The van der Waals surface area contributed by atoms with Crippen LogP contribution in [0, 0.1) is 5.92 Å². The lowest BCUT2D eigenvalue weighted by Gasteiger charge is -2.35. The molecular formula is C17H30N4S. The first-order chi connectivity index (χ1) is 10.8. The van der Waals surface area contributed by atoms with E-state index in [-0.39, 0.29) is 0 Å². The van der Waals surface area contributed by atoms with Crippen LogP contribution >= 0.6 is 11.3 Å². The Morgan fingerprint density at radius 3 is 2.86 bits per heavy atom. The standard InChI is InChI=1S/C17H30N4S/c1-2-10-21(11-7-13-5-8-19-9-6-13)14-3-4-15-16(12-14)22-17(18)20-15/h13-14,19H,2-12H2,1H3,(H2,18,20). The summed E-state index contributed by atoms with van der Waals surface area (Å²) in [6.07, 6.45) is 8.87. The summed E-state index contributed by atoms with van der Waals surface area (Å²) >= 11 is 1.71. The molecule has 124 valence electrons. The zero-order chi connectivity index (χ0) is 15.4. The summed E-state index contributed by atoms with van der Waals surface area (Å²) < 4.78 is 0. The Balaban J connectivity index is 1.56. The van der Waals surface area contributed by atoms with Crippen molar-refractivity contribution < 1.29 is 0 Å². The highest BCUT2D eigenvalue weighted by atomic mass is 32.1. The van der Waals surface area contributed by atoms with E-state index in [4.69, 9.17) is 5.73 Å². The normalized spacial score (nSPS) is 22.9. The fourth-order valence-electron chi connectivity index (χ4n) is 3.97. The number of nitrogens with two attached hydrogens (primary N) is 1. The van der Waals surface area contributed by atoms with E-state index < -0.39 is 0 Å². The van der Waals surface area contributed by atoms with E-state index in [1.165, 1.54) is 68.9 Å². The number of aromatic nitrogens is 1. The molecule has 1 saturated heterocycles. The maximum absolute atomic E-state index is 5.88. The number of hydrogen-bond acceptors (Lipinski definition) is 5. The van der Waals surface area contributed by atoms with E-state index in [1.54, 1.807) is 11.3 Å². The molecule has 5 heteroatoms. The molecule has 0 radical (unpaired) electrons. The van der Waals surface area contributed by atoms with Gasteiger partial charge in [0.1, 0.15) is 0 Å². The molecule has 1 aliphatic heterocycles. The molecule has 3 rings (SSSR count). The lowest BCUT2D eigenvalue weighted by molar-refractivity contribution is 0.162. The molecule has 0 spiro atoms. The molecule has 1 aromatic rings. The average Bonchev–Trinajstić information content (AvgIpc) is 2.91. The minimum Gasteiger partial charge on any atom is -0.375 e. The number of nitrogens with one attached hydrogen (secondary N) is 1. The number of aryl methyl sites for hydroxylation is 1. The zero-order valence-corrected chi connectivity index (χ0v) is 14.6. The van der Waals surface area contributed by atoms with Crippen LogP contribution in [0.4, 0.5) is 5.13 Å². The fourth-order valence-corrected chi connectivity index (χ4v) is 4.92.